The number of fused-ring (bicyclic) bond motifs is 8. The minimum absolute atomic E-state index is 1.03. The number of pyridine rings is 1. The third-order valence-electron chi connectivity index (χ3n) is 5.81. The smallest absolute Gasteiger partial charge is 0.146 e. The molecule has 140 valence electrons. The molecule has 4 heteroatoms. The van der Waals surface area contributed by atoms with Gasteiger partial charge in [-0.25, -0.2) is 4.98 Å². The number of hydrogen-bond donors (Lipinski definition) is 0. The SMILES string of the molecule is CCCP(=S)(CC)c1ccc2c3ccccc3c3nc4ccccc4n3c2c1. The normalized spacial score (nSPS) is 14.2. The average molecular weight is 403 g/mol. The van der Waals surface area contributed by atoms with Gasteiger partial charge in [-0.3, -0.25) is 4.40 Å². The van der Waals surface area contributed by atoms with E-state index in [1.807, 2.05) is 0 Å². The van der Waals surface area contributed by atoms with E-state index in [0.717, 1.165) is 35.4 Å². The van der Waals surface area contributed by atoms with E-state index >= 15 is 0 Å². The van der Waals surface area contributed by atoms with Gasteiger partial charge in [-0.2, -0.15) is 0 Å². The molecule has 0 aliphatic carbocycles. The van der Waals surface area contributed by atoms with Gasteiger partial charge >= 0.3 is 0 Å². The molecule has 5 rings (SSSR count). The Bertz CT molecular complexity index is 1400. The monoisotopic (exact) mass is 402 g/mol. The topological polar surface area (TPSA) is 17.3 Å². The van der Waals surface area contributed by atoms with Crippen molar-refractivity contribution in [3.63, 3.8) is 0 Å². The molecule has 1 atom stereocenters. The summed E-state index contributed by atoms with van der Waals surface area (Å²) in [5, 5.41) is 5.08. The molecule has 1 unspecified atom stereocenters. The van der Waals surface area contributed by atoms with Crippen LogP contribution in [0.15, 0.2) is 66.7 Å². The summed E-state index contributed by atoms with van der Waals surface area (Å²) in [5.41, 5.74) is 4.44. The number of rotatable bonds is 4. The van der Waals surface area contributed by atoms with Gasteiger partial charge in [-0.05, 0) is 47.3 Å². The van der Waals surface area contributed by atoms with Gasteiger partial charge in [0.15, 0.2) is 0 Å². The summed E-state index contributed by atoms with van der Waals surface area (Å²) in [6, 6.07) is 22.4. The van der Waals surface area contributed by atoms with Gasteiger partial charge in [0.25, 0.3) is 0 Å². The van der Waals surface area contributed by atoms with Crippen LogP contribution >= 0.6 is 6.04 Å². The molecule has 28 heavy (non-hydrogen) atoms. The number of imidazole rings is 1. The van der Waals surface area contributed by atoms with Crippen molar-refractivity contribution in [1.82, 2.24) is 9.38 Å². The molecule has 2 aromatic heterocycles. The Kier molecular flexibility index (Phi) is 4.26. The van der Waals surface area contributed by atoms with Crippen LogP contribution in [0.2, 0.25) is 0 Å². The minimum Gasteiger partial charge on any atom is -0.292 e. The van der Waals surface area contributed by atoms with Gasteiger partial charge in [0.1, 0.15) is 5.65 Å². The quantitative estimate of drug-likeness (QED) is 0.258. The lowest BCUT2D eigenvalue weighted by atomic mass is 10.1. The molecule has 0 saturated carbocycles. The van der Waals surface area contributed by atoms with Gasteiger partial charge in [0, 0.05) is 10.8 Å². The van der Waals surface area contributed by atoms with Crippen molar-refractivity contribution in [3.05, 3.63) is 66.7 Å². The molecule has 0 amide bonds. The zero-order valence-electron chi connectivity index (χ0n) is 16.2. The first-order valence-corrected chi connectivity index (χ1v) is 13.1. The second-order valence-electron chi connectivity index (χ2n) is 7.44. The number of para-hydroxylation sites is 2. The van der Waals surface area contributed by atoms with E-state index in [1.165, 1.54) is 27.0 Å². The summed E-state index contributed by atoms with van der Waals surface area (Å²) in [4.78, 5) is 4.99. The van der Waals surface area contributed by atoms with E-state index in [-0.39, 0.29) is 0 Å². The molecule has 0 fully saturated rings. The van der Waals surface area contributed by atoms with Crippen LogP contribution in [0.1, 0.15) is 20.3 Å². The van der Waals surface area contributed by atoms with Crippen molar-refractivity contribution in [2.45, 2.75) is 20.3 Å². The molecule has 0 N–H and O–H groups in total. The lowest BCUT2D eigenvalue weighted by Crippen LogP contribution is -2.10. The summed E-state index contributed by atoms with van der Waals surface area (Å²) in [5.74, 6) is 0. The molecular formula is C24H23N2PS. The van der Waals surface area contributed by atoms with E-state index < -0.39 is 6.04 Å². The highest BCUT2D eigenvalue weighted by atomic mass is 32.4. The number of aromatic nitrogens is 2. The standard InChI is InChI=1S/C24H23N2PS/c1-3-15-27(28,4-2)17-13-14-19-18-9-5-6-10-20(18)24-25-21-11-7-8-12-22(21)26(24)23(19)16-17/h5-14,16H,3-4,15H2,1-2H3. The number of nitrogens with zero attached hydrogens (tertiary/aromatic N) is 2. The molecule has 2 heterocycles. The largest absolute Gasteiger partial charge is 0.292 e. The molecule has 5 aromatic rings. The van der Waals surface area contributed by atoms with Crippen molar-refractivity contribution in [2.24, 2.45) is 0 Å². The first kappa shape index (κ1) is 17.8. The summed E-state index contributed by atoms with van der Waals surface area (Å²) >= 11 is 6.21. The molecule has 0 aliphatic heterocycles. The van der Waals surface area contributed by atoms with Crippen LogP contribution in [0, 0.1) is 0 Å². The lowest BCUT2D eigenvalue weighted by Gasteiger charge is -2.21. The van der Waals surface area contributed by atoms with Crippen molar-refractivity contribution in [3.8, 4) is 0 Å². The van der Waals surface area contributed by atoms with Gasteiger partial charge in [-0.1, -0.05) is 80.6 Å². The maximum absolute atomic E-state index is 6.21. The Balaban J connectivity index is 2.00. The summed E-state index contributed by atoms with van der Waals surface area (Å²) in [6.07, 6.45) is 3.35. The van der Waals surface area contributed by atoms with Gasteiger partial charge < -0.3 is 0 Å². The van der Waals surface area contributed by atoms with Crippen LogP contribution in [0.3, 0.4) is 0 Å². The zero-order chi connectivity index (χ0) is 19.3. The fourth-order valence-electron chi connectivity index (χ4n) is 4.38. The van der Waals surface area contributed by atoms with Crippen molar-refractivity contribution < 1.29 is 0 Å². The van der Waals surface area contributed by atoms with Crippen LogP contribution in [0.5, 0.6) is 0 Å². The molecule has 0 bridgehead atoms. The molecule has 0 radical (unpaired) electrons. The van der Waals surface area contributed by atoms with E-state index in [1.54, 1.807) is 0 Å². The highest BCUT2D eigenvalue weighted by molar-refractivity contribution is 8.18. The third kappa shape index (κ3) is 2.53. The maximum Gasteiger partial charge on any atom is 0.146 e. The maximum atomic E-state index is 6.21. The Morgan fingerprint density at radius 3 is 2.39 bits per heavy atom. The van der Waals surface area contributed by atoms with E-state index in [0.29, 0.717) is 0 Å². The Morgan fingerprint density at radius 2 is 1.61 bits per heavy atom. The first-order chi connectivity index (χ1) is 13.7. The number of hydrogen-bond acceptors (Lipinski definition) is 2. The van der Waals surface area contributed by atoms with Crippen molar-refractivity contribution >= 4 is 61.5 Å². The van der Waals surface area contributed by atoms with Crippen LogP contribution in [-0.4, -0.2) is 21.7 Å². The molecule has 2 nitrogen and oxygen atoms in total. The van der Waals surface area contributed by atoms with Crippen molar-refractivity contribution in [1.29, 1.82) is 0 Å². The predicted molar refractivity (Wildman–Crippen MR) is 127 cm³/mol. The molecule has 0 spiro atoms. The Hall–Kier alpha value is -2.22. The van der Waals surface area contributed by atoms with Crippen LogP contribution in [0.4, 0.5) is 0 Å². The van der Waals surface area contributed by atoms with Gasteiger partial charge in [-0.15, -0.1) is 0 Å². The van der Waals surface area contributed by atoms with Crippen LogP contribution in [-0.2, 0) is 11.8 Å². The second kappa shape index (κ2) is 6.69. The minimum atomic E-state index is -1.54. The van der Waals surface area contributed by atoms with Gasteiger partial charge in [0.05, 0.1) is 16.6 Å². The van der Waals surface area contributed by atoms with Gasteiger partial charge in [0.2, 0.25) is 0 Å². The molecule has 0 saturated heterocycles. The third-order valence-corrected chi connectivity index (χ3v) is 11.2. The highest BCUT2D eigenvalue weighted by Gasteiger charge is 2.19. The summed E-state index contributed by atoms with van der Waals surface area (Å²) in [7, 11) is 0. The summed E-state index contributed by atoms with van der Waals surface area (Å²) in [6.45, 7) is 4.50. The Labute approximate surface area is 170 Å². The fourth-order valence-corrected chi connectivity index (χ4v) is 7.63. The number of benzene rings is 3. The second-order valence-corrected chi connectivity index (χ2v) is 12.9. The average Bonchev–Trinajstić information content (AvgIpc) is 3.14. The lowest BCUT2D eigenvalue weighted by molar-refractivity contribution is 1.09. The van der Waals surface area contributed by atoms with Crippen LogP contribution < -0.4 is 5.30 Å². The van der Waals surface area contributed by atoms with E-state index in [4.69, 9.17) is 16.8 Å². The zero-order valence-corrected chi connectivity index (χ0v) is 17.9. The van der Waals surface area contributed by atoms with E-state index in [2.05, 4.69) is 85.0 Å². The first-order valence-electron chi connectivity index (χ1n) is 9.96. The Morgan fingerprint density at radius 1 is 0.857 bits per heavy atom. The fraction of sp³-hybridized carbons (Fsp3) is 0.208. The predicted octanol–water partition coefficient (Wildman–Crippen LogP) is 6.33. The molecular weight excluding hydrogens is 379 g/mol. The highest BCUT2D eigenvalue weighted by Crippen LogP contribution is 2.46. The summed E-state index contributed by atoms with van der Waals surface area (Å²) < 4.78 is 2.33. The van der Waals surface area contributed by atoms with E-state index in [9.17, 15) is 0 Å². The van der Waals surface area contributed by atoms with Crippen molar-refractivity contribution in [2.75, 3.05) is 12.3 Å². The molecule has 3 aromatic carbocycles. The molecule has 0 aliphatic rings. The van der Waals surface area contributed by atoms with Crippen LogP contribution in [0.25, 0.3) is 38.4 Å².